The van der Waals surface area contributed by atoms with Gasteiger partial charge in [0, 0.05) is 17.1 Å². The van der Waals surface area contributed by atoms with Gasteiger partial charge in [0.05, 0.1) is 6.54 Å². The fraction of sp³-hybridized carbons (Fsp3) is 0.438. The summed E-state index contributed by atoms with van der Waals surface area (Å²) < 4.78 is 40.9. The molecule has 22 heavy (non-hydrogen) atoms. The van der Waals surface area contributed by atoms with Crippen LogP contribution in [0.25, 0.3) is 0 Å². The molecule has 2 nitrogen and oxygen atoms in total. The molecule has 1 aromatic carbocycles. The highest BCUT2D eigenvalue weighted by Gasteiger charge is 2.39. The molecule has 0 fully saturated rings. The minimum absolute atomic E-state index is 0.362. The van der Waals surface area contributed by atoms with Gasteiger partial charge in [-0.05, 0) is 36.8 Å². The van der Waals surface area contributed by atoms with E-state index in [1.165, 1.54) is 4.68 Å². The molecule has 1 aromatic heterocycles. The second-order valence-electron chi connectivity index (χ2n) is 5.59. The Morgan fingerprint density at radius 2 is 1.68 bits per heavy atom. The number of alkyl halides is 4. The van der Waals surface area contributed by atoms with Crippen molar-refractivity contribution in [2.24, 2.45) is 0 Å². The van der Waals surface area contributed by atoms with Crippen LogP contribution in [0, 0.1) is 0 Å². The fourth-order valence-electron chi connectivity index (χ4n) is 2.94. The maximum absolute atomic E-state index is 13.1. The highest BCUT2D eigenvalue weighted by Crippen LogP contribution is 2.36. The molecule has 0 saturated carbocycles. The monoisotopic (exact) mass is 328 g/mol. The zero-order valence-electron chi connectivity index (χ0n) is 12.0. The maximum atomic E-state index is 13.1. The molecule has 0 amide bonds. The number of benzene rings is 1. The number of aromatic nitrogens is 2. The SMILES string of the molecule is FC(F)(F)c1nn(Cc2ccc(CCl)cc2)c2c1CCCC2. The van der Waals surface area contributed by atoms with Crippen molar-refractivity contribution in [1.82, 2.24) is 9.78 Å². The number of hydrogen-bond acceptors (Lipinski definition) is 1. The summed E-state index contributed by atoms with van der Waals surface area (Å²) in [6, 6.07) is 7.57. The Morgan fingerprint density at radius 1 is 1.05 bits per heavy atom. The van der Waals surface area contributed by atoms with Crippen LogP contribution in [-0.4, -0.2) is 9.78 Å². The van der Waals surface area contributed by atoms with Crippen molar-refractivity contribution in [2.45, 2.75) is 44.3 Å². The van der Waals surface area contributed by atoms with E-state index in [0.717, 1.165) is 29.7 Å². The van der Waals surface area contributed by atoms with Crippen LogP contribution >= 0.6 is 11.6 Å². The molecular formula is C16H16ClF3N2. The smallest absolute Gasteiger partial charge is 0.264 e. The Kier molecular flexibility index (Phi) is 4.17. The highest BCUT2D eigenvalue weighted by atomic mass is 35.5. The zero-order chi connectivity index (χ0) is 15.7. The lowest BCUT2D eigenvalue weighted by atomic mass is 9.95. The molecular weight excluding hydrogens is 313 g/mol. The summed E-state index contributed by atoms with van der Waals surface area (Å²) in [4.78, 5) is 0. The minimum atomic E-state index is -4.38. The van der Waals surface area contributed by atoms with E-state index >= 15 is 0 Å². The van der Waals surface area contributed by atoms with E-state index in [0.29, 0.717) is 30.8 Å². The summed E-state index contributed by atoms with van der Waals surface area (Å²) in [5, 5.41) is 3.87. The van der Waals surface area contributed by atoms with Gasteiger partial charge < -0.3 is 0 Å². The average molecular weight is 329 g/mol. The van der Waals surface area contributed by atoms with Crippen LogP contribution in [0.2, 0.25) is 0 Å². The summed E-state index contributed by atoms with van der Waals surface area (Å²) >= 11 is 5.75. The molecule has 0 unspecified atom stereocenters. The lowest BCUT2D eigenvalue weighted by Gasteiger charge is -2.14. The highest BCUT2D eigenvalue weighted by molar-refractivity contribution is 6.17. The summed E-state index contributed by atoms with van der Waals surface area (Å²) in [5.74, 6) is 0.426. The average Bonchev–Trinajstić information content (AvgIpc) is 2.87. The van der Waals surface area contributed by atoms with E-state index in [-0.39, 0.29) is 0 Å². The van der Waals surface area contributed by atoms with Gasteiger partial charge in [0.15, 0.2) is 5.69 Å². The number of rotatable bonds is 3. The van der Waals surface area contributed by atoms with E-state index in [2.05, 4.69) is 5.10 Å². The third kappa shape index (κ3) is 3.00. The Morgan fingerprint density at radius 3 is 2.32 bits per heavy atom. The molecule has 0 spiro atoms. The lowest BCUT2D eigenvalue weighted by Crippen LogP contribution is -2.11. The third-order valence-electron chi connectivity index (χ3n) is 4.03. The molecule has 0 atom stereocenters. The van der Waals surface area contributed by atoms with Gasteiger partial charge in [-0.2, -0.15) is 18.3 Å². The van der Waals surface area contributed by atoms with Gasteiger partial charge >= 0.3 is 6.18 Å². The Balaban J connectivity index is 1.94. The summed E-state index contributed by atoms with van der Waals surface area (Å²) in [6.07, 6.45) is -1.53. The Hall–Kier alpha value is -1.49. The molecule has 1 aliphatic rings. The number of nitrogens with zero attached hydrogens (tertiary/aromatic N) is 2. The molecule has 1 aliphatic carbocycles. The number of fused-ring (bicyclic) bond motifs is 1. The lowest BCUT2D eigenvalue weighted by molar-refractivity contribution is -0.142. The van der Waals surface area contributed by atoms with E-state index in [1.54, 1.807) is 0 Å². The van der Waals surface area contributed by atoms with Gasteiger partial charge in [-0.15, -0.1) is 11.6 Å². The maximum Gasteiger partial charge on any atom is 0.435 e. The molecule has 118 valence electrons. The molecule has 0 aliphatic heterocycles. The first-order valence-corrected chi connectivity index (χ1v) is 7.82. The van der Waals surface area contributed by atoms with Crippen LogP contribution in [0.5, 0.6) is 0 Å². The normalized spacial score (nSPS) is 14.9. The van der Waals surface area contributed by atoms with Crippen LogP contribution in [0.4, 0.5) is 13.2 Å². The van der Waals surface area contributed by atoms with Gasteiger partial charge in [0.2, 0.25) is 0 Å². The Bertz CT molecular complexity index is 659. The fourth-order valence-corrected chi connectivity index (χ4v) is 3.11. The van der Waals surface area contributed by atoms with Crippen LogP contribution in [-0.2, 0) is 31.4 Å². The predicted molar refractivity (Wildman–Crippen MR) is 79.0 cm³/mol. The van der Waals surface area contributed by atoms with Crippen molar-refractivity contribution in [3.63, 3.8) is 0 Å². The number of hydrogen-bond donors (Lipinski definition) is 0. The summed E-state index contributed by atoms with van der Waals surface area (Å²) in [5.41, 5.74) is 2.33. The van der Waals surface area contributed by atoms with E-state index in [9.17, 15) is 13.2 Å². The van der Waals surface area contributed by atoms with Crippen LogP contribution < -0.4 is 0 Å². The quantitative estimate of drug-likeness (QED) is 0.755. The molecule has 0 saturated heterocycles. The van der Waals surface area contributed by atoms with Gasteiger partial charge in [-0.3, -0.25) is 4.68 Å². The van der Waals surface area contributed by atoms with Gasteiger partial charge in [0.25, 0.3) is 0 Å². The first kappa shape index (κ1) is 15.4. The molecule has 0 N–H and O–H groups in total. The zero-order valence-corrected chi connectivity index (χ0v) is 12.7. The van der Waals surface area contributed by atoms with E-state index in [1.807, 2.05) is 24.3 Å². The molecule has 2 aromatic rings. The predicted octanol–water partition coefficient (Wildman–Crippen LogP) is 4.57. The molecule has 1 heterocycles. The second-order valence-corrected chi connectivity index (χ2v) is 5.85. The summed E-state index contributed by atoms with van der Waals surface area (Å²) in [6.45, 7) is 0.362. The second kappa shape index (κ2) is 5.95. The van der Waals surface area contributed by atoms with Crippen molar-refractivity contribution in [3.8, 4) is 0 Å². The third-order valence-corrected chi connectivity index (χ3v) is 4.34. The van der Waals surface area contributed by atoms with Crippen molar-refractivity contribution < 1.29 is 13.2 Å². The first-order chi connectivity index (χ1) is 10.5. The van der Waals surface area contributed by atoms with Crippen molar-refractivity contribution in [1.29, 1.82) is 0 Å². The largest absolute Gasteiger partial charge is 0.435 e. The first-order valence-electron chi connectivity index (χ1n) is 7.28. The van der Waals surface area contributed by atoms with Crippen molar-refractivity contribution in [3.05, 3.63) is 52.3 Å². The number of halogens is 4. The molecule has 3 rings (SSSR count). The topological polar surface area (TPSA) is 17.8 Å². The van der Waals surface area contributed by atoms with Crippen LogP contribution in [0.3, 0.4) is 0 Å². The standard InChI is InChI=1S/C16H16ClF3N2/c17-9-11-5-7-12(8-6-11)10-22-14-4-2-1-3-13(14)15(21-22)16(18,19)20/h5-8H,1-4,9-10H2. The van der Waals surface area contributed by atoms with Crippen molar-refractivity contribution >= 4 is 11.6 Å². The molecule has 6 heteroatoms. The van der Waals surface area contributed by atoms with Crippen LogP contribution in [0.15, 0.2) is 24.3 Å². The van der Waals surface area contributed by atoms with Gasteiger partial charge in [-0.25, -0.2) is 0 Å². The molecule has 0 bridgehead atoms. The van der Waals surface area contributed by atoms with Crippen LogP contribution in [0.1, 0.15) is 40.9 Å². The van der Waals surface area contributed by atoms with Crippen molar-refractivity contribution in [2.75, 3.05) is 0 Å². The summed E-state index contributed by atoms with van der Waals surface area (Å²) in [7, 11) is 0. The van der Waals surface area contributed by atoms with E-state index in [4.69, 9.17) is 11.6 Å². The minimum Gasteiger partial charge on any atom is -0.264 e. The van der Waals surface area contributed by atoms with Gasteiger partial charge in [-0.1, -0.05) is 24.3 Å². The molecule has 0 radical (unpaired) electrons. The van der Waals surface area contributed by atoms with E-state index < -0.39 is 11.9 Å². The van der Waals surface area contributed by atoms with Gasteiger partial charge in [0.1, 0.15) is 0 Å². The Labute approximate surface area is 131 Å².